The Morgan fingerprint density at radius 3 is 3.11 bits per heavy atom. The molecule has 1 aliphatic heterocycles. The van der Waals surface area contributed by atoms with E-state index in [1.165, 1.54) is 0 Å². The minimum absolute atomic E-state index is 0.294. The number of aliphatic hydroxyl groups is 1. The predicted octanol–water partition coefficient (Wildman–Crippen LogP) is 2.48. The maximum absolute atomic E-state index is 10.1. The van der Waals surface area contributed by atoms with Crippen LogP contribution in [0.25, 0.3) is 0 Å². The van der Waals surface area contributed by atoms with Crippen LogP contribution in [0.2, 0.25) is 5.02 Å². The molecule has 1 aliphatic rings. The summed E-state index contributed by atoms with van der Waals surface area (Å²) in [5.74, 6) is 0. The first-order chi connectivity index (χ1) is 8.65. The SMILES string of the molecule is CC1CN(CCC(O)c2cccc(Cl)c2)CCO1. The van der Waals surface area contributed by atoms with Gasteiger partial charge in [-0.05, 0) is 31.0 Å². The number of hydrogen-bond acceptors (Lipinski definition) is 3. The Balaban J connectivity index is 1.82. The molecule has 2 rings (SSSR count). The van der Waals surface area contributed by atoms with Crippen LogP contribution in [0.3, 0.4) is 0 Å². The van der Waals surface area contributed by atoms with Gasteiger partial charge < -0.3 is 9.84 Å². The van der Waals surface area contributed by atoms with Crippen molar-refractivity contribution in [2.45, 2.75) is 25.6 Å². The normalized spacial score (nSPS) is 22.9. The molecule has 1 fully saturated rings. The topological polar surface area (TPSA) is 32.7 Å². The van der Waals surface area contributed by atoms with Gasteiger partial charge in [-0.15, -0.1) is 0 Å². The van der Waals surface area contributed by atoms with Crippen LogP contribution in [-0.2, 0) is 4.74 Å². The molecule has 0 amide bonds. The summed E-state index contributed by atoms with van der Waals surface area (Å²) in [4.78, 5) is 2.34. The summed E-state index contributed by atoms with van der Waals surface area (Å²) in [5.41, 5.74) is 0.892. The van der Waals surface area contributed by atoms with Gasteiger partial charge in [-0.2, -0.15) is 0 Å². The van der Waals surface area contributed by atoms with E-state index in [-0.39, 0.29) is 0 Å². The number of aliphatic hydroxyl groups excluding tert-OH is 1. The summed E-state index contributed by atoms with van der Waals surface area (Å²) in [6.07, 6.45) is 0.580. The van der Waals surface area contributed by atoms with Gasteiger partial charge in [-0.1, -0.05) is 23.7 Å². The maximum Gasteiger partial charge on any atom is 0.0802 e. The lowest BCUT2D eigenvalue weighted by Crippen LogP contribution is -2.41. The van der Waals surface area contributed by atoms with E-state index in [2.05, 4.69) is 11.8 Å². The summed E-state index contributed by atoms with van der Waals surface area (Å²) in [6, 6.07) is 7.44. The molecule has 3 nitrogen and oxygen atoms in total. The van der Waals surface area contributed by atoms with Crippen molar-refractivity contribution >= 4 is 11.6 Å². The van der Waals surface area contributed by atoms with Crippen molar-refractivity contribution in [1.82, 2.24) is 4.90 Å². The monoisotopic (exact) mass is 269 g/mol. The third-order valence-electron chi connectivity index (χ3n) is 3.28. The lowest BCUT2D eigenvalue weighted by molar-refractivity contribution is -0.0221. The third kappa shape index (κ3) is 3.95. The van der Waals surface area contributed by atoms with E-state index < -0.39 is 6.10 Å². The van der Waals surface area contributed by atoms with E-state index in [4.69, 9.17) is 16.3 Å². The molecule has 0 bridgehead atoms. The predicted molar refractivity (Wildman–Crippen MR) is 72.9 cm³/mol. The molecule has 0 aliphatic carbocycles. The van der Waals surface area contributed by atoms with Crippen LogP contribution >= 0.6 is 11.6 Å². The van der Waals surface area contributed by atoms with Crippen LogP contribution in [0.1, 0.15) is 25.0 Å². The van der Waals surface area contributed by atoms with Crippen LogP contribution in [0, 0.1) is 0 Å². The molecule has 0 radical (unpaired) electrons. The van der Waals surface area contributed by atoms with Crippen molar-refractivity contribution in [2.75, 3.05) is 26.2 Å². The van der Waals surface area contributed by atoms with E-state index >= 15 is 0 Å². The van der Waals surface area contributed by atoms with Gasteiger partial charge in [0.1, 0.15) is 0 Å². The van der Waals surface area contributed by atoms with Gasteiger partial charge in [0.2, 0.25) is 0 Å². The van der Waals surface area contributed by atoms with Crippen LogP contribution in [-0.4, -0.2) is 42.4 Å². The molecule has 1 aromatic rings. The Morgan fingerprint density at radius 1 is 1.56 bits per heavy atom. The number of halogens is 1. The largest absolute Gasteiger partial charge is 0.388 e. The van der Waals surface area contributed by atoms with Crippen molar-refractivity contribution < 1.29 is 9.84 Å². The van der Waals surface area contributed by atoms with Crippen molar-refractivity contribution in [3.05, 3.63) is 34.9 Å². The first-order valence-corrected chi connectivity index (χ1v) is 6.80. The fourth-order valence-corrected chi connectivity index (χ4v) is 2.48. The maximum atomic E-state index is 10.1. The fraction of sp³-hybridized carbons (Fsp3) is 0.571. The second kappa shape index (κ2) is 6.53. The molecular formula is C14H20ClNO2. The van der Waals surface area contributed by atoms with Crippen LogP contribution in [0.4, 0.5) is 0 Å². The molecule has 0 aromatic heterocycles. The van der Waals surface area contributed by atoms with Gasteiger partial charge in [0.05, 0.1) is 18.8 Å². The number of ether oxygens (including phenoxy) is 1. The number of morpholine rings is 1. The van der Waals surface area contributed by atoms with E-state index in [1.807, 2.05) is 24.3 Å². The third-order valence-corrected chi connectivity index (χ3v) is 3.51. The molecule has 18 heavy (non-hydrogen) atoms. The Bertz CT molecular complexity index is 386. The highest BCUT2D eigenvalue weighted by molar-refractivity contribution is 6.30. The lowest BCUT2D eigenvalue weighted by Gasteiger charge is -2.31. The first-order valence-electron chi connectivity index (χ1n) is 6.42. The average Bonchev–Trinajstić information content (AvgIpc) is 2.36. The molecule has 2 unspecified atom stereocenters. The van der Waals surface area contributed by atoms with Gasteiger partial charge in [0.15, 0.2) is 0 Å². The van der Waals surface area contributed by atoms with E-state index in [9.17, 15) is 5.11 Å². The molecule has 1 N–H and O–H groups in total. The van der Waals surface area contributed by atoms with Crippen molar-refractivity contribution in [3.8, 4) is 0 Å². The van der Waals surface area contributed by atoms with Gasteiger partial charge in [0, 0.05) is 24.7 Å². The Hall–Kier alpha value is -0.610. The minimum Gasteiger partial charge on any atom is -0.388 e. The second-order valence-electron chi connectivity index (χ2n) is 4.84. The Kier molecular flexibility index (Phi) is 5.01. The zero-order valence-electron chi connectivity index (χ0n) is 10.7. The average molecular weight is 270 g/mol. The molecule has 1 saturated heterocycles. The highest BCUT2D eigenvalue weighted by Crippen LogP contribution is 2.20. The Morgan fingerprint density at radius 2 is 2.39 bits per heavy atom. The van der Waals surface area contributed by atoms with Crippen LogP contribution in [0.15, 0.2) is 24.3 Å². The highest BCUT2D eigenvalue weighted by atomic mass is 35.5. The van der Waals surface area contributed by atoms with Gasteiger partial charge in [-0.25, -0.2) is 0 Å². The zero-order chi connectivity index (χ0) is 13.0. The quantitative estimate of drug-likeness (QED) is 0.912. The van der Waals surface area contributed by atoms with Gasteiger partial charge in [-0.3, -0.25) is 4.90 Å². The summed E-state index contributed by atoms with van der Waals surface area (Å²) < 4.78 is 5.49. The number of hydrogen-bond donors (Lipinski definition) is 1. The minimum atomic E-state index is -0.443. The van der Waals surface area contributed by atoms with E-state index in [0.717, 1.165) is 38.2 Å². The fourth-order valence-electron chi connectivity index (χ4n) is 2.28. The first kappa shape index (κ1) is 13.8. The molecule has 1 aromatic carbocycles. The molecule has 100 valence electrons. The Labute approximate surface area is 113 Å². The summed E-state index contributed by atoms with van der Waals surface area (Å²) in [5, 5.41) is 10.8. The second-order valence-corrected chi connectivity index (χ2v) is 5.28. The van der Waals surface area contributed by atoms with Crippen LogP contribution < -0.4 is 0 Å². The number of rotatable bonds is 4. The number of benzene rings is 1. The van der Waals surface area contributed by atoms with Crippen molar-refractivity contribution in [2.24, 2.45) is 0 Å². The molecule has 4 heteroatoms. The highest BCUT2D eigenvalue weighted by Gasteiger charge is 2.17. The van der Waals surface area contributed by atoms with Crippen LogP contribution in [0.5, 0.6) is 0 Å². The standard InChI is InChI=1S/C14H20ClNO2/c1-11-10-16(7-8-18-11)6-5-14(17)12-3-2-4-13(15)9-12/h2-4,9,11,14,17H,5-8,10H2,1H3. The van der Waals surface area contributed by atoms with Crippen molar-refractivity contribution in [3.63, 3.8) is 0 Å². The van der Waals surface area contributed by atoms with E-state index in [0.29, 0.717) is 11.1 Å². The lowest BCUT2D eigenvalue weighted by atomic mass is 10.1. The van der Waals surface area contributed by atoms with E-state index in [1.54, 1.807) is 0 Å². The summed E-state index contributed by atoms with van der Waals surface area (Å²) in [7, 11) is 0. The molecule has 0 spiro atoms. The molecule has 1 heterocycles. The number of nitrogens with zero attached hydrogens (tertiary/aromatic N) is 1. The van der Waals surface area contributed by atoms with Gasteiger partial charge >= 0.3 is 0 Å². The smallest absolute Gasteiger partial charge is 0.0802 e. The molecular weight excluding hydrogens is 250 g/mol. The molecule has 2 atom stereocenters. The van der Waals surface area contributed by atoms with Crippen molar-refractivity contribution in [1.29, 1.82) is 0 Å². The summed E-state index contributed by atoms with van der Waals surface area (Å²) >= 11 is 5.92. The zero-order valence-corrected chi connectivity index (χ0v) is 11.4. The molecule has 0 saturated carbocycles. The van der Waals surface area contributed by atoms with Gasteiger partial charge in [0.25, 0.3) is 0 Å². The summed E-state index contributed by atoms with van der Waals surface area (Å²) in [6.45, 7) is 5.66.